The number of likely N-dealkylation sites (tertiary alicyclic amines) is 1. The molecule has 1 amide bonds. The van der Waals surface area contributed by atoms with Gasteiger partial charge in [0.15, 0.2) is 5.96 Å². The predicted molar refractivity (Wildman–Crippen MR) is 108 cm³/mol. The number of aliphatic imine (C=N–C) groups is 1. The first-order valence-electron chi connectivity index (χ1n) is 9.59. The molecule has 27 heavy (non-hydrogen) atoms. The van der Waals surface area contributed by atoms with Crippen LogP contribution in [-0.2, 0) is 11.2 Å². The number of carbonyl (C=O) groups excluding carboxylic acids is 1. The summed E-state index contributed by atoms with van der Waals surface area (Å²) < 4.78 is 10.4. The number of piperidine rings is 1. The second-order valence-electron chi connectivity index (χ2n) is 6.66. The maximum absolute atomic E-state index is 11.8. The molecular formula is C20H32N4O3. The zero-order valence-corrected chi connectivity index (χ0v) is 16.9. The van der Waals surface area contributed by atoms with Gasteiger partial charge in [-0.25, -0.2) is 4.79 Å². The fourth-order valence-electron chi connectivity index (χ4n) is 3.15. The second-order valence-corrected chi connectivity index (χ2v) is 6.66. The Morgan fingerprint density at radius 2 is 2.07 bits per heavy atom. The Morgan fingerprint density at radius 3 is 2.70 bits per heavy atom. The van der Waals surface area contributed by atoms with Crippen molar-refractivity contribution >= 4 is 12.1 Å². The van der Waals surface area contributed by atoms with Crippen LogP contribution in [-0.4, -0.2) is 63.4 Å². The Hall–Kier alpha value is -2.44. The lowest BCUT2D eigenvalue weighted by Gasteiger charge is -2.32. The largest absolute Gasteiger partial charge is 0.496 e. The van der Waals surface area contributed by atoms with Crippen LogP contribution in [0.15, 0.2) is 23.2 Å². The zero-order valence-electron chi connectivity index (χ0n) is 16.9. The van der Waals surface area contributed by atoms with E-state index in [1.54, 1.807) is 19.1 Å². The van der Waals surface area contributed by atoms with Crippen LogP contribution in [0.5, 0.6) is 5.75 Å². The molecule has 150 valence electrons. The molecule has 7 heteroatoms. The third-order valence-corrected chi connectivity index (χ3v) is 4.76. The Bertz CT molecular complexity index is 640. The fraction of sp³-hybridized carbons (Fsp3) is 0.600. The molecular weight excluding hydrogens is 344 g/mol. The number of methoxy groups -OCH3 is 1. The predicted octanol–water partition coefficient (Wildman–Crippen LogP) is 2.33. The number of carbonyl (C=O) groups is 1. The van der Waals surface area contributed by atoms with Gasteiger partial charge in [-0.15, -0.1) is 0 Å². The molecule has 2 rings (SSSR count). The minimum Gasteiger partial charge on any atom is -0.496 e. The van der Waals surface area contributed by atoms with Gasteiger partial charge in [0.1, 0.15) is 5.75 Å². The molecule has 1 aliphatic rings. The average molecular weight is 377 g/mol. The molecule has 7 nitrogen and oxygen atoms in total. The van der Waals surface area contributed by atoms with E-state index in [0.717, 1.165) is 43.1 Å². The first kappa shape index (κ1) is 20.9. The van der Waals surface area contributed by atoms with Gasteiger partial charge in [-0.1, -0.05) is 12.1 Å². The monoisotopic (exact) mass is 376 g/mol. The Balaban J connectivity index is 1.74. The third-order valence-electron chi connectivity index (χ3n) is 4.76. The van der Waals surface area contributed by atoms with E-state index >= 15 is 0 Å². The Kier molecular flexibility index (Phi) is 8.23. The maximum Gasteiger partial charge on any atom is 0.409 e. The summed E-state index contributed by atoms with van der Waals surface area (Å²) in [5, 5.41) is 6.81. The number of benzene rings is 1. The van der Waals surface area contributed by atoms with E-state index < -0.39 is 0 Å². The van der Waals surface area contributed by atoms with Crippen LogP contribution in [0, 0.1) is 6.92 Å². The van der Waals surface area contributed by atoms with Gasteiger partial charge in [0.25, 0.3) is 0 Å². The van der Waals surface area contributed by atoms with Gasteiger partial charge in [-0.05, 0) is 50.3 Å². The van der Waals surface area contributed by atoms with Gasteiger partial charge in [-0.2, -0.15) is 0 Å². The molecule has 2 N–H and O–H groups in total. The standard InChI is InChI=1S/C20H32N4O3/c1-5-27-20(25)24-12-9-17(10-13-24)23-19(21-3)22-11-8-16-7-6-15(2)18(14-16)26-4/h6-7,14,17H,5,8-13H2,1-4H3,(H2,21,22,23). The van der Waals surface area contributed by atoms with Gasteiger partial charge >= 0.3 is 6.09 Å². The number of nitrogens with zero attached hydrogens (tertiary/aromatic N) is 2. The summed E-state index contributed by atoms with van der Waals surface area (Å²) in [4.78, 5) is 17.8. The van der Waals surface area contributed by atoms with Crippen molar-refractivity contribution in [3.05, 3.63) is 29.3 Å². The van der Waals surface area contributed by atoms with Gasteiger partial charge in [0.05, 0.1) is 13.7 Å². The number of nitrogens with one attached hydrogen (secondary N) is 2. The highest BCUT2D eigenvalue weighted by Crippen LogP contribution is 2.19. The molecule has 0 aromatic heterocycles. The molecule has 1 fully saturated rings. The lowest BCUT2D eigenvalue weighted by Crippen LogP contribution is -2.50. The third kappa shape index (κ3) is 6.34. The molecule has 1 aromatic rings. The maximum atomic E-state index is 11.8. The van der Waals surface area contributed by atoms with Crippen LogP contribution in [0.2, 0.25) is 0 Å². The number of rotatable bonds is 6. The highest BCUT2D eigenvalue weighted by atomic mass is 16.6. The fourth-order valence-corrected chi connectivity index (χ4v) is 3.15. The van der Waals surface area contributed by atoms with Gasteiger partial charge in [0, 0.05) is 32.7 Å². The lowest BCUT2D eigenvalue weighted by molar-refractivity contribution is 0.0963. The van der Waals surface area contributed by atoms with E-state index in [9.17, 15) is 4.79 Å². The highest BCUT2D eigenvalue weighted by Gasteiger charge is 2.23. The normalized spacial score (nSPS) is 15.4. The van der Waals surface area contributed by atoms with Crippen molar-refractivity contribution in [3.8, 4) is 5.75 Å². The first-order chi connectivity index (χ1) is 13.1. The quantitative estimate of drug-likeness (QED) is 0.589. The molecule has 0 spiro atoms. The molecule has 0 aliphatic carbocycles. The van der Waals surface area contributed by atoms with E-state index in [0.29, 0.717) is 25.7 Å². The lowest BCUT2D eigenvalue weighted by atomic mass is 10.1. The van der Waals surface area contributed by atoms with Crippen LogP contribution in [0.1, 0.15) is 30.9 Å². The minimum absolute atomic E-state index is 0.216. The summed E-state index contributed by atoms with van der Waals surface area (Å²) >= 11 is 0. The van der Waals surface area contributed by atoms with Crippen LogP contribution >= 0.6 is 0 Å². The van der Waals surface area contributed by atoms with E-state index in [-0.39, 0.29) is 6.09 Å². The van der Waals surface area contributed by atoms with Crippen molar-refractivity contribution in [2.75, 3.05) is 40.4 Å². The van der Waals surface area contributed by atoms with Gasteiger partial charge in [0.2, 0.25) is 0 Å². The molecule has 0 radical (unpaired) electrons. The molecule has 1 heterocycles. The molecule has 0 bridgehead atoms. The van der Waals surface area contributed by atoms with Crippen molar-refractivity contribution in [2.24, 2.45) is 4.99 Å². The molecule has 1 saturated heterocycles. The van der Waals surface area contributed by atoms with E-state index in [1.807, 2.05) is 13.8 Å². The van der Waals surface area contributed by atoms with E-state index in [4.69, 9.17) is 9.47 Å². The van der Waals surface area contributed by atoms with Crippen LogP contribution in [0.3, 0.4) is 0 Å². The highest BCUT2D eigenvalue weighted by molar-refractivity contribution is 5.80. The summed E-state index contributed by atoms with van der Waals surface area (Å²) in [6.45, 7) is 6.48. The van der Waals surface area contributed by atoms with Crippen molar-refractivity contribution in [2.45, 2.75) is 39.2 Å². The number of hydrogen-bond acceptors (Lipinski definition) is 4. The molecule has 0 unspecified atom stereocenters. The number of guanidine groups is 1. The first-order valence-corrected chi connectivity index (χ1v) is 9.59. The summed E-state index contributed by atoms with van der Waals surface area (Å²) in [6.07, 6.45) is 2.44. The zero-order chi connectivity index (χ0) is 19.6. The van der Waals surface area contributed by atoms with Crippen LogP contribution < -0.4 is 15.4 Å². The van der Waals surface area contributed by atoms with Gasteiger partial charge < -0.3 is 25.0 Å². The van der Waals surface area contributed by atoms with Crippen LogP contribution in [0.4, 0.5) is 4.79 Å². The number of amides is 1. The average Bonchev–Trinajstić information content (AvgIpc) is 2.69. The van der Waals surface area contributed by atoms with Crippen molar-refractivity contribution in [3.63, 3.8) is 0 Å². The van der Waals surface area contributed by atoms with Crippen molar-refractivity contribution in [1.29, 1.82) is 0 Å². The smallest absolute Gasteiger partial charge is 0.409 e. The Labute approximate surface area is 162 Å². The van der Waals surface area contributed by atoms with Gasteiger partial charge in [-0.3, -0.25) is 4.99 Å². The molecule has 0 atom stereocenters. The molecule has 1 aliphatic heterocycles. The van der Waals surface area contributed by atoms with E-state index in [2.05, 4.69) is 33.8 Å². The SMILES string of the molecule is CCOC(=O)N1CCC(NC(=NC)NCCc2ccc(C)c(OC)c2)CC1. The topological polar surface area (TPSA) is 75.2 Å². The summed E-state index contributed by atoms with van der Waals surface area (Å²) in [6, 6.07) is 6.60. The van der Waals surface area contributed by atoms with E-state index in [1.165, 1.54) is 5.56 Å². The summed E-state index contributed by atoms with van der Waals surface area (Å²) in [5.74, 6) is 1.71. The molecule has 1 aromatic carbocycles. The van der Waals surface area contributed by atoms with Crippen molar-refractivity contribution in [1.82, 2.24) is 15.5 Å². The number of ether oxygens (including phenoxy) is 2. The summed E-state index contributed by atoms with van der Waals surface area (Å²) in [7, 11) is 3.47. The van der Waals surface area contributed by atoms with Crippen LogP contribution in [0.25, 0.3) is 0 Å². The number of hydrogen-bond donors (Lipinski definition) is 2. The minimum atomic E-state index is -0.216. The van der Waals surface area contributed by atoms with Crippen molar-refractivity contribution < 1.29 is 14.3 Å². The Morgan fingerprint density at radius 1 is 1.33 bits per heavy atom. The summed E-state index contributed by atoms with van der Waals surface area (Å²) in [5.41, 5.74) is 2.36. The second kappa shape index (κ2) is 10.6. The molecule has 0 saturated carbocycles. The number of aryl methyl sites for hydroxylation is 1.